The minimum absolute atomic E-state index is 0.189. The first-order valence-electron chi connectivity index (χ1n) is 14.5. The van der Waals surface area contributed by atoms with Crippen molar-refractivity contribution in [1.29, 1.82) is 0 Å². The van der Waals surface area contributed by atoms with Gasteiger partial charge in [-0.05, 0) is 49.9 Å². The molecule has 0 saturated carbocycles. The van der Waals surface area contributed by atoms with Crippen LogP contribution < -0.4 is 21.7 Å². The summed E-state index contributed by atoms with van der Waals surface area (Å²) in [6.07, 6.45) is 2.10. The van der Waals surface area contributed by atoms with Gasteiger partial charge in [0.05, 0.1) is 0 Å². The van der Waals surface area contributed by atoms with E-state index in [9.17, 15) is 14.4 Å². The third kappa shape index (κ3) is 9.44. The maximum Gasteiger partial charge on any atom is 0.408 e. The second-order valence-corrected chi connectivity index (χ2v) is 11.6. The van der Waals surface area contributed by atoms with Crippen molar-refractivity contribution in [2.75, 3.05) is 6.54 Å². The Morgan fingerprint density at radius 2 is 1.30 bits per heavy atom. The second-order valence-electron chi connectivity index (χ2n) is 11.6. The lowest BCUT2D eigenvalue weighted by Gasteiger charge is -2.26. The van der Waals surface area contributed by atoms with E-state index in [-0.39, 0.29) is 31.3 Å². The van der Waals surface area contributed by atoms with Gasteiger partial charge in [-0.1, -0.05) is 78.9 Å². The van der Waals surface area contributed by atoms with Gasteiger partial charge in [-0.3, -0.25) is 9.59 Å². The Balaban J connectivity index is 1.56. The molecule has 3 aromatic carbocycles. The fraction of sp³-hybridized carbons (Fsp3) is 0.324. The summed E-state index contributed by atoms with van der Waals surface area (Å²) in [6.45, 7) is 5.50. The first-order valence-corrected chi connectivity index (χ1v) is 14.5. The lowest BCUT2D eigenvalue weighted by Crippen LogP contribution is -2.57. The number of H-pyrrole nitrogens is 1. The van der Waals surface area contributed by atoms with Gasteiger partial charge < -0.3 is 31.4 Å². The Hall–Kier alpha value is -4.63. The minimum Gasteiger partial charge on any atom is -0.444 e. The number of hydrogen-bond donors (Lipinski definition) is 5. The van der Waals surface area contributed by atoms with Crippen LogP contribution in [0.3, 0.4) is 0 Å². The van der Waals surface area contributed by atoms with Crippen molar-refractivity contribution in [3.63, 3.8) is 0 Å². The fourth-order valence-electron chi connectivity index (χ4n) is 4.90. The standard InChI is InChI=1S/C34H41N5O4/c1-34(2,3)43-33(42)39-30(20-25-22-36-28-17-11-10-16-27(25)28)32(41)38-29(19-24-14-8-5-9-15-24)31(40)37-26(21-35)18-23-12-6-4-7-13-23/h4-17,22,26,29-30,36H,18-21,35H2,1-3H3,(H,37,40)(H,38,41)(H,39,42)/t26-,29+,30+/m1/s1. The molecule has 9 nitrogen and oxygen atoms in total. The van der Waals surface area contributed by atoms with E-state index in [2.05, 4.69) is 20.9 Å². The number of rotatable bonds is 12. The largest absolute Gasteiger partial charge is 0.444 e. The SMILES string of the molecule is CC(C)(C)OC(=O)N[C@@H](Cc1c[nH]c2ccccc12)C(=O)N[C@@H](Cc1ccccc1)C(=O)N[C@@H](CN)Cc1ccccc1. The van der Waals surface area contributed by atoms with Gasteiger partial charge in [-0.2, -0.15) is 0 Å². The van der Waals surface area contributed by atoms with Crippen molar-refractivity contribution in [3.05, 3.63) is 108 Å². The number of hydrogen-bond acceptors (Lipinski definition) is 5. The monoisotopic (exact) mass is 583 g/mol. The molecule has 1 heterocycles. The van der Waals surface area contributed by atoms with Crippen molar-refractivity contribution in [3.8, 4) is 0 Å². The molecule has 3 atom stereocenters. The number of para-hydroxylation sites is 1. The molecule has 0 radical (unpaired) electrons. The van der Waals surface area contributed by atoms with Gasteiger partial charge in [0.1, 0.15) is 17.7 Å². The molecule has 0 aliphatic rings. The van der Waals surface area contributed by atoms with E-state index < -0.39 is 29.7 Å². The lowest BCUT2D eigenvalue weighted by molar-refractivity contribution is -0.130. The van der Waals surface area contributed by atoms with Crippen molar-refractivity contribution in [1.82, 2.24) is 20.9 Å². The van der Waals surface area contributed by atoms with Crippen LogP contribution in [0.25, 0.3) is 10.9 Å². The number of nitrogens with one attached hydrogen (secondary N) is 4. The van der Waals surface area contributed by atoms with Crippen LogP contribution in [0.4, 0.5) is 4.79 Å². The van der Waals surface area contributed by atoms with Crippen LogP contribution in [0, 0.1) is 0 Å². The molecule has 9 heteroatoms. The number of alkyl carbamates (subject to hydrolysis) is 1. The highest BCUT2D eigenvalue weighted by Crippen LogP contribution is 2.20. The molecule has 4 rings (SSSR count). The van der Waals surface area contributed by atoms with E-state index in [4.69, 9.17) is 10.5 Å². The summed E-state index contributed by atoms with van der Waals surface area (Å²) in [5.74, 6) is -0.855. The third-order valence-corrected chi connectivity index (χ3v) is 6.98. The number of carbonyl (C=O) groups is 3. The summed E-state index contributed by atoms with van der Waals surface area (Å²) in [5.41, 5.74) is 8.97. The number of aromatic amines is 1. The molecule has 6 N–H and O–H groups in total. The summed E-state index contributed by atoms with van der Waals surface area (Å²) < 4.78 is 5.47. The molecule has 0 unspecified atom stereocenters. The van der Waals surface area contributed by atoms with Crippen LogP contribution in [0.2, 0.25) is 0 Å². The maximum atomic E-state index is 13.9. The zero-order chi connectivity index (χ0) is 30.8. The van der Waals surface area contributed by atoms with Gasteiger partial charge in [0, 0.05) is 42.5 Å². The van der Waals surface area contributed by atoms with Crippen molar-refractivity contribution >= 4 is 28.8 Å². The summed E-state index contributed by atoms with van der Waals surface area (Å²) in [4.78, 5) is 43.6. The Morgan fingerprint density at radius 1 is 0.744 bits per heavy atom. The zero-order valence-corrected chi connectivity index (χ0v) is 24.9. The number of ether oxygens (including phenoxy) is 1. The molecule has 0 bridgehead atoms. The van der Waals surface area contributed by atoms with Gasteiger partial charge in [0.15, 0.2) is 0 Å². The van der Waals surface area contributed by atoms with E-state index in [0.29, 0.717) is 6.42 Å². The highest BCUT2D eigenvalue weighted by atomic mass is 16.6. The van der Waals surface area contributed by atoms with Crippen LogP contribution >= 0.6 is 0 Å². The topological polar surface area (TPSA) is 138 Å². The number of fused-ring (bicyclic) bond motifs is 1. The molecule has 0 fully saturated rings. The molecule has 0 aliphatic carbocycles. The van der Waals surface area contributed by atoms with E-state index >= 15 is 0 Å². The Kier molecular flexibility index (Phi) is 10.6. The molecule has 0 aliphatic heterocycles. The average Bonchev–Trinajstić information content (AvgIpc) is 3.39. The first kappa shape index (κ1) is 31.3. The molecular formula is C34H41N5O4. The Labute approximate surface area is 252 Å². The zero-order valence-electron chi connectivity index (χ0n) is 24.9. The Bertz CT molecular complexity index is 1500. The van der Waals surface area contributed by atoms with E-state index in [1.165, 1.54) is 0 Å². The predicted octanol–water partition coefficient (Wildman–Crippen LogP) is 4.02. The number of benzene rings is 3. The maximum absolute atomic E-state index is 13.9. The van der Waals surface area contributed by atoms with Crippen molar-refractivity contribution < 1.29 is 19.1 Å². The average molecular weight is 584 g/mol. The van der Waals surface area contributed by atoms with Gasteiger partial charge in [0.2, 0.25) is 11.8 Å². The van der Waals surface area contributed by atoms with Crippen LogP contribution in [-0.4, -0.2) is 53.2 Å². The molecule has 0 spiro atoms. The number of carbonyl (C=O) groups excluding carboxylic acids is 3. The van der Waals surface area contributed by atoms with Gasteiger partial charge in [-0.25, -0.2) is 4.79 Å². The van der Waals surface area contributed by atoms with Crippen molar-refractivity contribution in [2.24, 2.45) is 5.73 Å². The molecule has 43 heavy (non-hydrogen) atoms. The van der Waals surface area contributed by atoms with Crippen LogP contribution in [0.15, 0.2) is 91.1 Å². The van der Waals surface area contributed by atoms with Gasteiger partial charge >= 0.3 is 6.09 Å². The first-order chi connectivity index (χ1) is 20.6. The summed E-state index contributed by atoms with van der Waals surface area (Å²) in [6, 6.07) is 24.7. The molecule has 4 aromatic rings. The fourth-order valence-corrected chi connectivity index (χ4v) is 4.90. The summed E-state index contributed by atoms with van der Waals surface area (Å²) >= 11 is 0. The van der Waals surface area contributed by atoms with E-state index in [1.54, 1.807) is 20.8 Å². The smallest absolute Gasteiger partial charge is 0.408 e. The van der Waals surface area contributed by atoms with E-state index in [1.807, 2.05) is 91.1 Å². The predicted molar refractivity (Wildman–Crippen MR) is 168 cm³/mol. The Morgan fingerprint density at radius 3 is 1.93 bits per heavy atom. The molecule has 226 valence electrons. The lowest BCUT2D eigenvalue weighted by atomic mass is 10.0. The van der Waals surface area contributed by atoms with Crippen LogP contribution in [0.5, 0.6) is 0 Å². The van der Waals surface area contributed by atoms with Gasteiger partial charge in [0.25, 0.3) is 0 Å². The molecule has 0 saturated heterocycles. The molecule has 3 amide bonds. The van der Waals surface area contributed by atoms with Crippen LogP contribution in [-0.2, 0) is 33.6 Å². The summed E-state index contributed by atoms with van der Waals surface area (Å²) in [7, 11) is 0. The highest BCUT2D eigenvalue weighted by Gasteiger charge is 2.30. The number of nitrogens with two attached hydrogens (primary N) is 1. The number of aromatic nitrogens is 1. The van der Waals surface area contributed by atoms with Gasteiger partial charge in [-0.15, -0.1) is 0 Å². The minimum atomic E-state index is -1.00. The number of amides is 3. The highest BCUT2D eigenvalue weighted by molar-refractivity contribution is 5.92. The molecule has 1 aromatic heterocycles. The summed E-state index contributed by atoms with van der Waals surface area (Å²) in [5, 5.41) is 9.61. The van der Waals surface area contributed by atoms with E-state index in [0.717, 1.165) is 27.6 Å². The molecular weight excluding hydrogens is 542 g/mol. The van der Waals surface area contributed by atoms with Crippen molar-refractivity contribution in [2.45, 2.75) is 63.8 Å². The third-order valence-electron chi connectivity index (χ3n) is 6.98. The second kappa shape index (κ2) is 14.5. The normalized spacial score (nSPS) is 13.5. The quantitative estimate of drug-likeness (QED) is 0.172. The van der Waals surface area contributed by atoms with Crippen LogP contribution in [0.1, 0.15) is 37.5 Å².